The summed E-state index contributed by atoms with van der Waals surface area (Å²) in [5, 5.41) is 5.93. The Hall–Kier alpha value is -0.550. The summed E-state index contributed by atoms with van der Waals surface area (Å²) >= 11 is 5.01. The van der Waals surface area contributed by atoms with Crippen LogP contribution in [0.4, 0.5) is 0 Å². The number of carbonyl (C=O) groups is 1. The number of methoxy groups -OCH3 is 1. The second kappa shape index (κ2) is 6.27. The van der Waals surface area contributed by atoms with Gasteiger partial charge in [-0.2, -0.15) is 0 Å². The molecule has 1 aliphatic rings. The first-order valence-corrected chi connectivity index (χ1v) is 8.60. The van der Waals surface area contributed by atoms with E-state index in [4.69, 9.17) is 4.74 Å². The first-order valence-electron chi connectivity index (χ1n) is 6.60. The average molecular weight is 346 g/mol. The van der Waals surface area contributed by atoms with E-state index in [0.29, 0.717) is 16.5 Å². The molecule has 1 fully saturated rings. The van der Waals surface area contributed by atoms with Crippen molar-refractivity contribution >= 4 is 33.2 Å². The van der Waals surface area contributed by atoms with Gasteiger partial charge in [0, 0.05) is 5.33 Å². The lowest BCUT2D eigenvalue weighted by molar-refractivity contribution is 0.0871. The van der Waals surface area contributed by atoms with Crippen molar-refractivity contribution in [2.24, 2.45) is 5.92 Å². The summed E-state index contributed by atoms with van der Waals surface area (Å²) in [5.74, 6) is 1.31. The zero-order chi connectivity index (χ0) is 13.9. The Morgan fingerprint density at radius 2 is 2.47 bits per heavy atom. The third-order valence-electron chi connectivity index (χ3n) is 3.78. The van der Waals surface area contributed by atoms with Crippen LogP contribution in [-0.4, -0.2) is 23.9 Å². The molecule has 1 aromatic rings. The van der Waals surface area contributed by atoms with Gasteiger partial charge in [-0.05, 0) is 30.2 Å². The van der Waals surface area contributed by atoms with Gasteiger partial charge in [0.15, 0.2) is 0 Å². The molecule has 0 aliphatic heterocycles. The summed E-state index contributed by atoms with van der Waals surface area (Å²) in [6, 6.07) is 1.84. The summed E-state index contributed by atoms with van der Waals surface area (Å²) in [6.07, 6.45) is 4.52. The molecule has 2 atom stereocenters. The molecular formula is C14H20BrNO2S. The van der Waals surface area contributed by atoms with Gasteiger partial charge in [0.25, 0.3) is 5.91 Å². The number of amides is 1. The first kappa shape index (κ1) is 14.9. The smallest absolute Gasteiger partial charge is 0.265 e. The normalized spacial score (nSPS) is 27.0. The fourth-order valence-corrected chi connectivity index (χ4v) is 4.25. The summed E-state index contributed by atoms with van der Waals surface area (Å²) in [6.45, 7) is 2.26. The Morgan fingerprint density at radius 1 is 1.68 bits per heavy atom. The highest BCUT2D eigenvalue weighted by Gasteiger charge is 2.36. The summed E-state index contributed by atoms with van der Waals surface area (Å²) < 4.78 is 5.22. The van der Waals surface area contributed by atoms with Crippen LogP contribution in [-0.2, 0) is 0 Å². The van der Waals surface area contributed by atoms with Crippen LogP contribution < -0.4 is 10.1 Å². The average Bonchev–Trinajstić information content (AvgIpc) is 2.87. The summed E-state index contributed by atoms with van der Waals surface area (Å²) in [5.41, 5.74) is -0.107. The lowest BCUT2D eigenvalue weighted by atomic mass is 9.77. The molecule has 3 nitrogen and oxygen atoms in total. The van der Waals surface area contributed by atoms with E-state index >= 15 is 0 Å². The van der Waals surface area contributed by atoms with E-state index in [1.54, 1.807) is 7.11 Å². The molecule has 106 valence electrons. The fraction of sp³-hybridized carbons (Fsp3) is 0.643. The minimum atomic E-state index is -0.107. The highest BCUT2D eigenvalue weighted by Crippen LogP contribution is 2.34. The van der Waals surface area contributed by atoms with E-state index in [1.165, 1.54) is 24.2 Å². The minimum Gasteiger partial charge on any atom is -0.495 e. The number of alkyl halides is 1. The predicted octanol–water partition coefficient (Wildman–Crippen LogP) is 3.83. The molecule has 1 N–H and O–H groups in total. The standard InChI is InChI=1S/C14H20BrNO2S/c1-10-4-3-6-14(8-10,9-15)16-13(17)12-11(18-2)5-7-19-12/h5,7,10H,3-4,6,8-9H2,1-2H3,(H,16,17). The van der Waals surface area contributed by atoms with Crippen LogP contribution in [0, 0.1) is 5.92 Å². The molecule has 1 amide bonds. The number of hydrogen-bond acceptors (Lipinski definition) is 3. The second-order valence-corrected chi connectivity index (χ2v) is 6.86. The molecule has 1 heterocycles. The third kappa shape index (κ3) is 3.31. The summed E-state index contributed by atoms with van der Waals surface area (Å²) in [7, 11) is 1.60. The highest BCUT2D eigenvalue weighted by molar-refractivity contribution is 9.09. The molecular weight excluding hydrogens is 326 g/mol. The highest BCUT2D eigenvalue weighted by atomic mass is 79.9. The molecule has 1 saturated carbocycles. The monoisotopic (exact) mass is 345 g/mol. The Bertz CT molecular complexity index is 448. The number of carbonyl (C=O) groups excluding carboxylic acids is 1. The van der Waals surface area contributed by atoms with Crippen LogP contribution in [0.15, 0.2) is 11.4 Å². The largest absolute Gasteiger partial charge is 0.495 e. The van der Waals surface area contributed by atoms with Crippen molar-refractivity contribution in [1.82, 2.24) is 5.32 Å². The van der Waals surface area contributed by atoms with Crippen LogP contribution in [0.5, 0.6) is 5.75 Å². The van der Waals surface area contributed by atoms with E-state index < -0.39 is 0 Å². The predicted molar refractivity (Wildman–Crippen MR) is 82.5 cm³/mol. The van der Waals surface area contributed by atoms with E-state index in [9.17, 15) is 4.79 Å². The number of nitrogens with one attached hydrogen (secondary N) is 1. The van der Waals surface area contributed by atoms with Gasteiger partial charge in [-0.1, -0.05) is 35.7 Å². The Labute approximate surface area is 126 Å². The fourth-order valence-electron chi connectivity index (χ4n) is 2.85. The van der Waals surface area contributed by atoms with Crippen molar-refractivity contribution in [3.63, 3.8) is 0 Å². The SMILES string of the molecule is COc1ccsc1C(=O)NC1(CBr)CCCC(C)C1. The maximum atomic E-state index is 12.4. The number of halogens is 1. The molecule has 1 aromatic heterocycles. The lowest BCUT2D eigenvalue weighted by Crippen LogP contribution is -2.52. The van der Waals surface area contributed by atoms with Gasteiger partial charge in [0.05, 0.1) is 12.6 Å². The topological polar surface area (TPSA) is 38.3 Å². The van der Waals surface area contributed by atoms with Crippen molar-refractivity contribution in [3.05, 3.63) is 16.3 Å². The minimum absolute atomic E-state index is 0.0135. The molecule has 0 bridgehead atoms. The van der Waals surface area contributed by atoms with Crippen molar-refractivity contribution in [3.8, 4) is 5.75 Å². The van der Waals surface area contributed by atoms with E-state index in [1.807, 2.05) is 11.4 Å². The van der Waals surface area contributed by atoms with Crippen LogP contribution in [0.1, 0.15) is 42.3 Å². The molecule has 1 aliphatic carbocycles. The van der Waals surface area contributed by atoms with Crippen LogP contribution in [0.3, 0.4) is 0 Å². The molecule has 2 unspecified atom stereocenters. The maximum Gasteiger partial charge on any atom is 0.265 e. The Balaban J connectivity index is 2.12. The van der Waals surface area contributed by atoms with Crippen LogP contribution in [0.2, 0.25) is 0 Å². The number of rotatable bonds is 4. The van der Waals surface area contributed by atoms with Gasteiger partial charge in [-0.3, -0.25) is 4.79 Å². The molecule has 19 heavy (non-hydrogen) atoms. The molecule has 0 aromatic carbocycles. The zero-order valence-electron chi connectivity index (χ0n) is 11.4. The van der Waals surface area contributed by atoms with Crippen molar-refractivity contribution in [1.29, 1.82) is 0 Å². The van der Waals surface area contributed by atoms with Crippen LogP contribution >= 0.6 is 27.3 Å². The van der Waals surface area contributed by atoms with Crippen molar-refractivity contribution in [2.75, 3.05) is 12.4 Å². The van der Waals surface area contributed by atoms with Gasteiger partial charge in [-0.25, -0.2) is 0 Å². The van der Waals surface area contributed by atoms with Gasteiger partial charge in [0.1, 0.15) is 10.6 Å². The number of ether oxygens (including phenoxy) is 1. The van der Waals surface area contributed by atoms with Crippen molar-refractivity contribution in [2.45, 2.75) is 38.1 Å². The Morgan fingerprint density at radius 3 is 3.11 bits per heavy atom. The Kier molecular flexibility index (Phi) is 4.90. The van der Waals surface area contributed by atoms with Gasteiger partial charge in [-0.15, -0.1) is 11.3 Å². The quantitative estimate of drug-likeness (QED) is 0.842. The number of hydrogen-bond donors (Lipinski definition) is 1. The zero-order valence-corrected chi connectivity index (χ0v) is 13.8. The second-order valence-electron chi connectivity index (χ2n) is 5.39. The van der Waals surface area contributed by atoms with Gasteiger partial charge >= 0.3 is 0 Å². The van der Waals surface area contributed by atoms with Gasteiger partial charge in [0.2, 0.25) is 0 Å². The molecule has 0 spiro atoms. The van der Waals surface area contributed by atoms with E-state index in [-0.39, 0.29) is 11.4 Å². The maximum absolute atomic E-state index is 12.4. The van der Waals surface area contributed by atoms with E-state index in [2.05, 4.69) is 28.2 Å². The molecule has 5 heteroatoms. The first-order chi connectivity index (χ1) is 9.10. The van der Waals surface area contributed by atoms with Gasteiger partial charge < -0.3 is 10.1 Å². The molecule has 0 radical (unpaired) electrons. The summed E-state index contributed by atoms with van der Waals surface area (Å²) in [4.78, 5) is 13.1. The van der Waals surface area contributed by atoms with E-state index in [0.717, 1.165) is 18.2 Å². The third-order valence-corrected chi connectivity index (χ3v) is 5.75. The molecule has 2 rings (SSSR count). The lowest BCUT2D eigenvalue weighted by Gasteiger charge is -2.39. The van der Waals surface area contributed by atoms with Crippen molar-refractivity contribution < 1.29 is 9.53 Å². The molecule has 0 saturated heterocycles. The van der Waals surface area contributed by atoms with Crippen LogP contribution in [0.25, 0.3) is 0 Å². The number of thiophene rings is 1.